The fourth-order valence-electron chi connectivity index (χ4n) is 4.31. The maximum Gasteiger partial charge on any atom is 1.00 e. The molecular weight excluding hydrogens is 489 g/mol. The molecule has 0 spiro atoms. The van der Waals surface area contributed by atoms with E-state index in [4.69, 9.17) is 4.74 Å². The van der Waals surface area contributed by atoms with Crippen LogP contribution in [0.4, 0.5) is 0 Å². The molecule has 190 valence electrons. The van der Waals surface area contributed by atoms with Gasteiger partial charge in [0.1, 0.15) is 0 Å². The van der Waals surface area contributed by atoms with Crippen LogP contribution in [0.15, 0.2) is 84.9 Å². The molecule has 0 aliphatic carbocycles. The molecule has 4 aromatic carbocycles. The van der Waals surface area contributed by atoms with Crippen molar-refractivity contribution in [3.8, 4) is 11.1 Å². The summed E-state index contributed by atoms with van der Waals surface area (Å²) in [4.78, 5) is 24.8. The Bertz CT molecular complexity index is 1410. The normalized spacial score (nSPS) is 11.5. The Morgan fingerprint density at radius 3 is 2.24 bits per heavy atom. The quantitative estimate of drug-likeness (QED) is 0.307. The Morgan fingerprint density at radius 2 is 1.53 bits per heavy atom. The third-order valence-electron chi connectivity index (χ3n) is 6.32. The van der Waals surface area contributed by atoms with Gasteiger partial charge in [0.25, 0.3) is 5.91 Å². The number of rotatable bonds is 11. The number of hydrogen-bond acceptors (Lipinski definition) is 5. The monoisotopic (exact) mass is 519 g/mol. The van der Waals surface area contributed by atoms with Crippen LogP contribution in [0.2, 0.25) is 0 Å². The van der Waals surface area contributed by atoms with Gasteiger partial charge in [-0.2, -0.15) is 11.8 Å². The number of carbonyl (C=O) groups excluding carboxylic acids is 2. The SMILES string of the molecule is CSCC[C@H](NC(=O)c1ccc(COCc2ccc3ccccc3c2)cc1-c1ccccc1C)C(=O)[O-].[Li+]. The average Bonchev–Trinajstić information content (AvgIpc) is 2.91. The van der Waals surface area contributed by atoms with E-state index in [1.165, 1.54) is 22.5 Å². The minimum Gasteiger partial charge on any atom is -0.548 e. The second-order valence-electron chi connectivity index (χ2n) is 9.00. The number of fused-ring (bicyclic) bond motifs is 1. The van der Waals surface area contributed by atoms with Crippen LogP contribution in [0.5, 0.6) is 0 Å². The molecule has 0 saturated carbocycles. The summed E-state index contributed by atoms with van der Waals surface area (Å²) in [5.74, 6) is -1.10. The number of hydrogen-bond donors (Lipinski definition) is 1. The Labute approximate surface area is 240 Å². The molecule has 0 saturated heterocycles. The van der Waals surface area contributed by atoms with E-state index in [1.54, 1.807) is 6.07 Å². The molecule has 0 aliphatic rings. The number of aliphatic carboxylic acids is 1. The molecule has 0 aliphatic heterocycles. The van der Waals surface area contributed by atoms with Crippen molar-refractivity contribution >= 4 is 34.4 Å². The zero-order valence-corrected chi connectivity index (χ0v) is 22.8. The maximum absolute atomic E-state index is 13.2. The van der Waals surface area contributed by atoms with Gasteiger partial charge in [0.05, 0.1) is 25.2 Å². The zero-order valence-electron chi connectivity index (χ0n) is 22.0. The van der Waals surface area contributed by atoms with Crippen molar-refractivity contribution in [2.75, 3.05) is 12.0 Å². The van der Waals surface area contributed by atoms with Gasteiger partial charge in [-0.3, -0.25) is 4.79 Å². The first-order valence-corrected chi connectivity index (χ1v) is 13.6. The number of ether oxygens (including phenoxy) is 1. The zero-order chi connectivity index (χ0) is 26.2. The molecule has 4 aromatic rings. The van der Waals surface area contributed by atoms with E-state index in [-0.39, 0.29) is 18.9 Å². The molecule has 7 heteroatoms. The number of amides is 1. The van der Waals surface area contributed by atoms with Gasteiger partial charge < -0.3 is 20.0 Å². The number of aryl methyl sites for hydroxylation is 1. The summed E-state index contributed by atoms with van der Waals surface area (Å²) in [5.41, 5.74) is 5.11. The van der Waals surface area contributed by atoms with Crippen molar-refractivity contribution in [3.63, 3.8) is 0 Å². The van der Waals surface area contributed by atoms with Crippen molar-refractivity contribution in [1.82, 2.24) is 5.32 Å². The van der Waals surface area contributed by atoms with Crippen molar-refractivity contribution in [1.29, 1.82) is 0 Å². The van der Waals surface area contributed by atoms with Crippen LogP contribution in [-0.4, -0.2) is 29.9 Å². The van der Waals surface area contributed by atoms with Crippen molar-refractivity contribution < 1.29 is 38.3 Å². The van der Waals surface area contributed by atoms with Crippen LogP contribution in [0, 0.1) is 6.92 Å². The Balaban J connectivity index is 0.00000400. The Morgan fingerprint density at radius 1 is 0.868 bits per heavy atom. The van der Waals surface area contributed by atoms with E-state index < -0.39 is 17.9 Å². The molecule has 0 heterocycles. The number of nitrogens with one attached hydrogen (secondary N) is 1. The van der Waals surface area contributed by atoms with Gasteiger partial charge in [-0.25, -0.2) is 0 Å². The number of benzene rings is 4. The third kappa shape index (κ3) is 7.52. The van der Waals surface area contributed by atoms with Crippen LogP contribution in [-0.2, 0) is 22.7 Å². The van der Waals surface area contributed by atoms with Gasteiger partial charge in [0.2, 0.25) is 0 Å². The van der Waals surface area contributed by atoms with Crippen molar-refractivity contribution in [3.05, 3.63) is 107 Å². The summed E-state index contributed by atoms with van der Waals surface area (Å²) in [7, 11) is 0. The molecule has 1 atom stereocenters. The van der Waals surface area contributed by atoms with E-state index >= 15 is 0 Å². The topological polar surface area (TPSA) is 78.5 Å². The average molecular weight is 520 g/mol. The second kappa shape index (κ2) is 14.2. The number of carbonyl (C=O) groups is 2. The molecule has 0 bridgehead atoms. The number of thioether (sulfide) groups is 1. The number of carboxylic acids is 1. The predicted octanol–water partition coefficient (Wildman–Crippen LogP) is 2.14. The van der Waals surface area contributed by atoms with Gasteiger partial charge in [-0.05, 0) is 82.1 Å². The molecule has 0 aromatic heterocycles. The van der Waals surface area contributed by atoms with Gasteiger partial charge >= 0.3 is 18.9 Å². The smallest absolute Gasteiger partial charge is 0.548 e. The molecule has 0 unspecified atom stereocenters. The van der Waals surface area contributed by atoms with Crippen molar-refractivity contribution in [2.45, 2.75) is 32.6 Å². The van der Waals surface area contributed by atoms with E-state index in [0.717, 1.165) is 27.8 Å². The molecule has 4 rings (SSSR count). The molecule has 0 fully saturated rings. The van der Waals surface area contributed by atoms with E-state index in [0.29, 0.717) is 31.0 Å². The summed E-state index contributed by atoms with van der Waals surface area (Å²) in [6.07, 6.45) is 2.20. The Kier molecular flexibility index (Phi) is 11.1. The van der Waals surface area contributed by atoms with Crippen molar-refractivity contribution in [2.24, 2.45) is 0 Å². The second-order valence-corrected chi connectivity index (χ2v) is 9.98. The molecular formula is C31H30LiNO4S. The summed E-state index contributed by atoms with van der Waals surface area (Å²) < 4.78 is 6.03. The minimum absolute atomic E-state index is 0. The molecule has 1 N–H and O–H groups in total. The summed E-state index contributed by atoms with van der Waals surface area (Å²) in [6, 6.07) is 26.8. The first kappa shape index (κ1) is 29.5. The molecule has 38 heavy (non-hydrogen) atoms. The van der Waals surface area contributed by atoms with Gasteiger partial charge in [-0.15, -0.1) is 0 Å². The van der Waals surface area contributed by atoms with Crippen LogP contribution < -0.4 is 29.3 Å². The van der Waals surface area contributed by atoms with Crippen LogP contribution in [0.3, 0.4) is 0 Å². The largest absolute Gasteiger partial charge is 1.00 e. The minimum atomic E-state index is -1.28. The molecule has 0 radical (unpaired) electrons. The van der Waals surface area contributed by atoms with E-state index in [1.807, 2.05) is 61.7 Å². The van der Waals surface area contributed by atoms with Crippen LogP contribution in [0.25, 0.3) is 21.9 Å². The summed E-state index contributed by atoms with van der Waals surface area (Å²) in [5, 5.41) is 16.6. The fraction of sp³-hybridized carbons (Fsp3) is 0.226. The molecule has 1 amide bonds. The first-order chi connectivity index (χ1) is 18.0. The molecule has 5 nitrogen and oxygen atoms in total. The predicted molar refractivity (Wildman–Crippen MR) is 148 cm³/mol. The maximum atomic E-state index is 13.2. The fourth-order valence-corrected chi connectivity index (χ4v) is 4.78. The standard InChI is InChI=1S/C31H31NO4S.Li/c1-21-7-3-6-10-26(21)28-18-23(12-14-27(28)30(33)32-29(31(34)35)15-16-37-2)20-36-19-22-11-13-24-8-4-5-9-25(24)17-22;/h3-14,17-18,29H,15-16,19-20H2,1-2H3,(H,32,33)(H,34,35);/q;+1/p-1/t29-;/m0./s1. The number of carboxylic acid groups (broad SMARTS) is 1. The van der Waals surface area contributed by atoms with Crippen LogP contribution >= 0.6 is 11.8 Å². The van der Waals surface area contributed by atoms with Crippen LogP contribution in [0.1, 0.15) is 33.5 Å². The third-order valence-corrected chi connectivity index (χ3v) is 6.96. The van der Waals surface area contributed by atoms with Gasteiger partial charge in [0, 0.05) is 5.56 Å². The summed E-state index contributed by atoms with van der Waals surface area (Å²) >= 11 is 1.52. The van der Waals surface area contributed by atoms with E-state index in [9.17, 15) is 14.7 Å². The van der Waals surface area contributed by atoms with E-state index in [2.05, 4.69) is 35.6 Å². The summed E-state index contributed by atoms with van der Waals surface area (Å²) in [6.45, 7) is 2.83. The Hall–Kier alpha value is -3.01. The van der Waals surface area contributed by atoms with Gasteiger partial charge in [-0.1, -0.05) is 66.7 Å². The van der Waals surface area contributed by atoms with Gasteiger partial charge in [0.15, 0.2) is 0 Å². The first-order valence-electron chi connectivity index (χ1n) is 12.2.